The number of aromatic amines is 1. The highest BCUT2D eigenvalue weighted by Gasteiger charge is 2.33. The molecule has 2 aromatic rings. The van der Waals surface area contributed by atoms with E-state index in [0.717, 1.165) is 17.3 Å². The Morgan fingerprint density at radius 3 is 2.78 bits per heavy atom. The number of nitrogens with zero attached hydrogens (tertiary/aromatic N) is 3. The topological polar surface area (TPSA) is 112 Å². The molecule has 3 heterocycles. The molecule has 2 amide bonds. The SMILES string of the molecule is CC(C)(C)OC(=O)N1CCC(C(=O)NCCNc2cccc(-c3ncc(C4CC4)[nH]3)n2)C1. The van der Waals surface area contributed by atoms with Crippen LogP contribution in [0.4, 0.5) is 10.6 Å². The quantitative estimate of drug-likeness (QED) is 0.570. The summed E-state index contributed by atoms with van der Waals surface area (Å²) in [5.41, 5.74) is 1.43. The normalized spacial score (nSPS) is 18.5. The average Bonchev–Trinajstić information content (AvgIpc) is 3.26. The second-order valence-corrected chi connectivity index (χ2v) is 9.50. The number of anilines is 1. The number of amides is 2. The number of ether oxygens (including phenoxy) is 1. The van der Waals surface area contributed by atoms with Gasteiger partial charge >= 0.3 is 6.09 Å². The van der Waals surface area contributed by atoms with Crippen molar-refractivity contribution in [1.29, 1.82) is 0 Å². The van der Waals surface area contributed by atoms with Crippen LogP contribution in [0.25, 0.3) is 11.5 Å². The molecule has 9 heteroatoms. The van der Waals surface area contributed by atoms with Gasteiger partial charge in [0.15, 0.2) is 5.82 Å². The fraction of sp³-hybridized carbons (Fsp3) is 0.565. The van der Waals surface area contributed by atoms with Crippen molar-refractivity contribution >= 4 is 17.8 Å². The Labute approximate surface area is 188 Å². The first-order valence-electron chi connectivity index (χ1n) is 11.3. The van der Waals surface area contributed by atoms with Gasteiger partial charge in [-0.2, -0.15) is 0 Å². The summed E-state index contributed by atoms with van der Waals surface area (Å²) in [6.45, 7) is 7.46. The maximum atomic E-state index is 12.5. The van der Waals surface area contributed by atoms with Crippen LogP contribution >= 0.6 is 0 Å². The number of carbonyl (C=O) groups is 2. The van der Waals surface area contributed by atoms with Crippen molar-refractivity contribution in [1.82, 2.24) is 25.2 Å². The smallest absolute Gasteiger partial charge is 0.410 e. The Bertz CT molecular complexity index is 963. The van der Waals surface area contributed by atoms with Crippen molar-refractivity contribution in [3.63, 3.8) is 0 Å². The van der Waals surface area contributed by atoms with Crippen LogP contribution in [0.3, 0.4) is 0 Å². The number of hydrogen-bond acceptors (Lipinski definition) is 6. The average molecular weight is 441 g/mol. The number of hydrogen-bond donors (Lipinski definition) is 3. The van der Waals surface area contributed by atoms with Gasteiger partial charge in [-0.15, -0.1) is 0 Å². The molecule has 9 nitrogen and oxygen atoms in total. The third-order valence-corrected chi connectivity index (χ3v) is 5.55. The lowest BCUT2D eigenvalue weighted by atomic mass is 10.1. The monoisotopic (exact) mass is 440 g/mol. The first-order chi connectivity index (χ1) is 15.3. The molecule has 2 fully saturated rings. The van der Waals surface area contributed by atoms with Crippen LogP contribution in [-0.4, -0.2) is 63.6 Å². The second kappa shape index (κ2) is 9.18. The molecular formula is C23H32N6O3. The number of carbonyl (C=O) groups excluding carboxylic acids is 2. The lowest BCUT2D eigenvalue weighted by Crippen LogP contribution is -2.38. The van der Waals surface area contributed by atoms with Gasteiger partial charge in [0.05, 0.1) is 5.92 Å². The van der Waals surface area contributed by atoms with Crippen LogP contribution in [0.1, 0.15) is 51.6 Å². The summed E-state index contributed by atoms with van der Waals surface area (Å²) in [7, 11) is 0. The molecule has 32 heavy (non-hydrogen) atoms. The number of imidazole rings is 1. The molecule has 0 spiro atoms. The summed E-state index contributed by atoms with van der Waals surface area (Å²) in [5.74, 6) is 1.89. The van der Waals surface area contributed by atoms with Crippen LogP contribution in [-0.2, 0) is 9.53 Å². The van der Waals surface area contributed by atoms with E-state index in [1.165, 1.54) is 18.5 Å². The van der Waals surface area contributed by atoms with E-state index in [4.69, 9.17) is 4.74 Å². The maximum Gasteiger partial charge on any atom is 0.410 e. The Morgan fingerprint density at radius 1 is 1.22 bits per heavy atom. The van der Waals surface area contributed by atoms with Gasteiger partial charge in [0.1, 0.15) is 17.1 Å². The van der Waals surface area contributed by atoms with E-state index >= 15 is 0 Å². The highest BCUT2D eigenvalue weighted by Crippen LogP contribution is 2.39. The highest BCUT2D eigenvalue weighted by molar-refractivity contribution is 5.80. The van der Waals surface area contributed by atoms with Gasteiger partial charge in [0.25, 0.3) is 0 Å². The van der Waals surface area contributed by atoms with E-state index in [9.17, 15) is 9.59 Å². The van der Waals surface area contributed by atoms with E-state index in [0.29, 0.717) is 38.5 Å². The van der Waals surface area contributed by atoms with Gasteiger partial charge in [0, 0.05) is 44.0 Å². The van der Waals surface area contributed by atoms with E-state index in [2.05, 4.69) is 25.6 Å². The van der Waals surface area contributed by atoms with Crippen molar-refractivity contribution in [2.24, 2.45) is 5.92 Å². The van der Waals surface area contributed by atoms with Crippen molar-refractivity contribution in [2.45, 2.75) is 51.6 Å². The summed E-state index contributed by atoms with van der Waals surface area (Å²) < 4.78 is 5.39. The van der Waals surface area contributed by atoms with Gasteiger partial charge < -0.3 is 25.3 Å². The molecule has 1 atom stereocenters. The van der Waals surface area contributed by atoms with Gasteiger partial charge in [0.2, 0.25) is 5.91 Å². The number of H-pyrrole nitrogens is 1. The minimum atomic E-state index is -0.537. The summed E-state index contributed by atoms with van der Waals surface area (Å²) in [6.07, 6.45) is 4.64. The Hall–Kier alpha value is -3.10. The van der Waals surface area contributed by atoms with Crippen LogP contribution < -0.4 is 10.6 Å². The van der Waals surface area contributed by atoms with Crippen LogP contribution in [0, 0.1) is 5.92 Å². The van der Waals surface area contributed by atoms with E-state index in [1.807, 2.05) is 45.2 Å². The van der Waals surface area contributed by atoms with Crippen LogP contribution in [0.2, 0.25) is 0 Å². The molecule has 1 saturated carbocycles. The molecule has 1 unspecified atom stereocenters. The van der Waals surface area contributed by atoms with Crippen LogP contribution in [0.5, 0.6) is 0 Å². The third-order valence-electron chi connectivity index (χ3n) is 5.55. The fourth-order valence-corrected chi connectivity index (χ4v) is 3.72. The minimum Gasteiger partial charge on any atom is -0.444 e. The number of pyridine rings is 1. The zero-order chi connectivity index (χ0) is 22.7. The Morgan fingerprint density at radius 2 is 2.03 bits per heavy atom. The van der Waals surface area contributed by atoms with Gasteiger partial charge in [-0.1, -0.05) is 6.07 Å². The van der Waals surface area contributed by atoms with E-state index in [-0.39, 0.29) is 17.9 Å². The standard InChI is InChI=1S/C23H32N6O3/c1-23(2,3)32-22(31)29-12-9-16(14-29)21(30)25-11-10-24-19-6-4-5-17(27-19)20-26-13-18(28-20)15-7-8-15/h4-6,13,15-16H,7-12,14H2,1-3H3,(H,24,27)(H,25,30)(H,26,28). The number of likely N-dealkylation sites (tertiary alicyclic amines) is 1. The summed E-state index contributed by atoms with van der Waals surface area (Å²) in [6, 6.07) is 5.76. The van der Waals surface area contributed by atoms with Crippen molar-refractivity contribution in [2.75, 3.05) is 31.5 Å². The third kappa shape index (κ3) is 5.77. The molecule has 0 radical (unpaired) electrons. The number of rotatable bonds is 7. The van der Waals surface area contributed by atoms with Crippen molar-refractivity contribution in [3.8, 4) is 11.5 Å². The molecule has 2 aromatic heterocycles. The Balaban J connectivity index is 1.20. The first-order valence-corrected chi connectivity index (χ1v) is 11.3. The van der Waals surface area contributed by atoms with Crippen molar-refractivity contribution in [3.05, 3.63) is 30.1 Å². The maximum absolute atomic E-state index is 12.5. The van der Waals surface area contributed by atoms with E-state index in [1.54, 1.807) is 4.90 Å². The molecule has 1 saturated heterocycles. The molecule has 0 aromatic carbocycles. The van der Waals surface area contributed by atoms with E-state index < -0.39 is 5.60 Å². The van der Waals surface area contributed by atoms with Gasteiger partial charge in [-0.05, 0) is 52.2 Å². The number of nitrogens with one attached hydrogen (secondary N) is 3. The number of aromatic nitrogens is 3. The molecule has 0 bridgehead atoms. The zero-order valence-corrected chi connectivity index (χ0v) is 19.0. The summed E-state index contributed by atoms with van der Waals surface area (Å²) >= 11 is 0. The lowest BCUT2D eigenvalue weighted by molar-refractivity contribution is -0.124. The fourth-order valence-electron chi connectivity index (χ4n) is 3.72. The largest absolute Gasteiger partial charge is 0.444 e. The molecular weight excluding hydrogens is 408 g/mol. The summed E-state index contributed by atoms with van der Waals surface area (Å²) in [4.78, 5) is 38.7. The van der Waals surface area contributed by atoms with Crippen LogP contribution in [0.15, 0.2) is 24.4 Å². The van der Waals surface area contributed by atoms with Gasteiger partial charge in [-0.3, -0.25) is 4.79 Å². The predicted molar refractivity (Wildman–Crippen MR) is 121 cm³/mol. The second-order valence-electron chi connectivity index (χ2n) is 9.50. The lowest BCUT2D eigenvalue weighted by Gasteiger charge is -2.24. The molecule has 1 aliphatic carbocycles. The predicted octanol–water partition coefficient (Wildman–Crippen LogP) is 3.13. The minimum absolute atomic E-state index is 0.0391. The first kappa shape index (κ1) is 22.1. The molecule has 2 aliphatic rings. The van der Waals surface area contributed by atoms with Crippen molar-refractivity contribution < 1.29 is 14.3 Å². The molecule has 1 aliphatic heterocycles. The van der Waals surface area contributed by atoms with Gasteiger partial charge in [-0.25, -0.2) is 14.8 Å². The summed E-state index contributed by atoms with van der Waals surface area (Å²) in [5, 5.41) is 6.19. The highest BCUT2D eigenvalue weighted by atomic mass is 16.6. The molecule has 172 valence electrons. The molecule has 3 N–H and O–H groups in total. The Kier molecular flexibility index (Phi) is 6.34. The zero-order valence-electron chi connectivity index (χ0n) is 19.0. The molecule has 4 rings (SSSR count).